The van der Waals surface area contributed by atoms with Gasteiger partial charge in [0.1, 0.15) is 4.90 Å². The van der Waals surface area contributed by atoms with Crippen LogP contribution in [0.2, 0.25) is 5.02 Å². The van der Waals surface area contributed by atoms with Crippen molar-refractivity contribution in [3.05, 3.63) is 47.8 Å². The fourth-order valence-electron chi connectivity index (χ4n) is 1.50. The standard InChI is InChI=1S/C11H11ClFN3O2S/c12-9-2-1-3-10(11(9)13)19(17,18)15-5-7-16-6-4-14-8-16/h1-4,6,8,15H,5,7H2. The highest BCUT2D eigenvalue weighted by atomic mass is 35.5. The van der Waals surface area contributed by atoms with E-state index in [4.69, 9.17) is 11.6 Å². The Balaban J connectivity index is 2.08. The number of nitrogens with one attached hydrogen (secondary N) is 1. The van der Waals surface area contributed by atoms with Gasteiger partial charge in [0.2, 0.25) is 10.0 Å². The highest BCUT2D eigenvalue weighted by Crippen LogP contribution is 2.21. The van der Waals surface area contributed by atoms with E-state index >= 15 is 0 Å². The average Bonchev–Trinajstić information content (AvgIpc) is 2.85. The van der Waals surface area contributed by atoms with Crippen LogP contribution < -0.4 is 4.72 Å². The van der Waals surface area contributed by atoms with Crippen LogP contribution in [0.5, 0.6) is 0 Å². The van der Waals surface area contributed by atoms with Gasteiger partial charge >= 0.3 is 0 Å². The van der Waals surface area contributed by atoms with Crippen LogP contribution in [0, 0.1) is 5.82 Å². The smallest absolute Gasteiger partial charge is 0.243 e. The lowest BCUT2D eigenvalue weighted by atomic mass is 10.3. The molecule has 102 valence electrons. The van der Waals surface area contributed by atoms with Crippen LogP contribution in [0.25, 0.3) is 0 Å². The number of aromatic nitrogens is 2. The number of halogens is 2. The van der Waals surface area contributed by atoms with Gasteiger partial charge in [-0.2, -0.15) is 0 Å². The van der Waals surface area contributed by atoms with Gasteiger partial charge in [-0.25, -0.2) is 22.5 Å². The van der Waals surface area contributed by atoms with Gasteiger partial charge in [0.25, 0.3) is 0 Å². The van der Waals surface area contributed by atoms with E-state index in [1.165, 1.54) is 18.2 Å². The summed E-state index contributed by atoms with van der Waals surface area (Å²) in [5.74, 6) is -0.945. The summed E-state index contributed by atoms with van der Waals surface area (Å²) in [5.41, 5.74) is 0. The topological polar surface area (TPSA) is 64.0 Å². The average molecular weight is 304 g/mol. The van der Waals surface area contributed by atoms with Crippen LogP contribution in [0.3, 0.4) is 0 Å². The van der Waals surface area contributed by atoms with Crippen molar-refractivity contribution in [2.45, 2.75) is 11.4 Å². The molecule has 2 aromatic rings. The Labute approximate surface area is 115 Å². The van der Waals surface area contributed by atoms with E-state index in [0.29, 0.717) is 6.54 Å². The van der Waals surface area contributed by atoms with Crippen molar-refractivity contribution in [1.82, 2.24) is 14.3 Å². The first-order chi connectivity index (χ1) is 9.00. The number of hydrogen-bond donors (Lipinski definition) is 1. The molecule has 0 saturated heterocycles. The zero-order valence-electron chi connectivity index (χ0n) is 9.75. The zero-order valence-corrected chi connectivity index (χ0v) is 11.3. The molecule has 1 aromatic heterocycles. The second-order valence-electron chi connectivity index (χ2n) is 3.75. The van der Waals surface area contributed by atoms with E-state index in [9.17, 15) is 12.8 Å². The van der Waals surface area contributed by atoms with Crippen molar-refractivity contribution >= 4 is 21.6 Å². The molecule has 0 unspecified atom stereocenters. The van der Waals surface area contributed by atoms with Crippen LogP contribution in [0.4, 0.5) is 4.39 Å². The van der Waals surface area contributed by atoms with E-state index < -0.39 is 20.7 Å². The summed E-state index contributed by atoms with van der Waals surface area (Å²) in [4.78, 5) is 3.38. The quantitative estimate of drug-likeness (QED) is 0.913. The summed E-state index contributed by atoms with van der Waals surface area (Å²) >= 11 is 5.56. The van der Waals surface area contributed by atoms with Crippen molar-refractivity contribution < 1.29 is 12.8 Å². The maximum Gasteiger partial charge on any atom is 0.243 e. The first kappa shape index (κ1) is 14.0. The van der Waals surface area contributed by atoms with Gasteiger partial charge in [-0.3, -0.25) is 0 Å². The Kier molecular flexibility index (Phi) is 4.18. The normalized spacial score (nSPS) is 11.7. The molecule has 0 spiro atoms. The summed E-state index contributed by atoms with van der Waals surface area (Å²) in [6.45, 7) is 0.534. The second kappa shape index (κ2) is 5.68. The minimum atomic E-state index is -3.91. The minimum absolute atomic E-state index is 0.130. The predicted octanol–water partition coefficient (Wildman–Crippen LogP) is 1.65. The molecule has 19 heavy (non-hydrogen) atoms. The van der Waals surface area contributed by atoms with Gasteiger partial charge in [0.05, 0.1) is 11.3 Å². The molecule has 0 aliphatic rings. The Hall–Kier alpha value is -1.44. The van der Waals surface area contributed by atoms with Crippen LogP contribution in [-0.2, 0) is 16.6 Å². The molecule has 0 radical (unpaired) electrons. The first-order valence-electron chi connectivity index (χ1n) is 5.40. The number of imidazole rings is 1. The van der Waals surface area contributed by atoms with Gasteiger partial charge in [-0.15, -0.1) is 0 Å². The lowest BCUT2D eigenvalue weighted by Gasteiger charge is -2.08. The van der Waals surface area contributed by atoms with Gasteiger partial charge in [-0.05, 0) is 12.1 Å². The second-order valence-corrected chi connectivity index (χ2v) is 5.89. The highest BCUT2D eigenvalue weighted by molar-refractivity contribution is 7.89. The van der Waals surface area contributed by atoms with Crippen molar-refractivity contribution in [1.29, 1.82) is 0 Å². The molecule has 8 heteroatoms. The fraction of sp³-hybridized carbons (Fsp3) is 0.182. The molecule has 1 heterocycles. The van der Waals surface area contributed by atoms with E-state index in [0.717, 1.165) is 0 Å². The third-order valence-corrected chi connectivity index (χ3v) is 4.20. The Morgan fingerprint density at radius 1 is 1.42 bits per heavy atom. The highest BCUT2D eigenvalue weighted by Gasteiger charge is 2.19. The predicted molar refractivity (Wildman–Crippen MR) is 68.8 cm³/mol. The third-order valence-electron chi connectivity index (χ3n) is 2.43. The summed E-state index contributed by atoms with van der Waals surface area (Å²) in [6.07, 6.45) is 4.85. The Morgan fingerprint density at radius 2 is 2.21 bits per heavy atom. The van der Waals surface area contributed by atoms with Gasteiger partial charge in [0, 0.05) is 25.5 Å². The molecule has 0 bridgehead atoms. The SMILES string of the molecule is O=S(=O)(NCCn1ccnc1)c1cccc(Cl)c1F. The molecule has 0 saturated carbocycles. The van der Waals surface area contributed by atoms with Crippen LogP contribution in [-0.4, -0.2) is 24.5 Å². The summed E-state index contributed by atoms with van der Waals surface area (Å²) in [6, 6.07) is 3.85. The van der Waals surface area contributed by atoms with Crippen molar-refractivity contribution in [2.24, 2.45) is 0 Å². The largest absolute Gasteiger partial charge is 0.336 e. The van der Waals surface area contributed by atoms with E-state index in [-0.39, 0.29) is 11.6 Å². The molecule has 0 aliphatic carbocycles. The van der Waals surface area contributed by atoms with Crippen LogP contribution >= 0.6 is 11.6 Å². The molecule has 0 atom stereocenters. The van der Waals surface area contributed by atoms with Crippen molar-refractivity contribution in [3.8, 4) is 0 Å². The molecule has 5 nitrogen and oxygen atoms in total. The van der Waals surface area contributed by atoms with E-state index in [2.05, 4.69) is 9.71 Å². The maximum atomic E-state index is 13.6. The summed E-state index contributed by atoms with van der Waals surface area (Å²) in [5, 5.41) is -0.225. The number of benzene rings is 1. The number of nitrogens with zero attached hydrogens (tertiary/aromatic N) is 2. The number of rotatable bonds is 5. The molecular formula is C11H11ClFN3O2S. The number of sulfonamides is 1. The molecule has 0 amide bonds. The minimum Gasteiger partial charge on any atom is -0.336 e. The zero-order chi connectivity index (χ0) is 13.9. The van der Waals surface area contributed by atoms with Crippen LogP contribution in [0.15, 0.2) is 41.8 Å². The summed E-state index contributed by atoms with van der Waals surface area (Å²) in [7, 11) is -3.91. The van der Waals surface area contributed by atoms with E-state index in [1.54, 1.807) is 23.3 Å². The molecule has 0 aliphatic heterocycles. The van der Waals surface area contributed by atoms with E-state index in [1.807, 2.05) is 0 Å². The molecule has 1 aromatic carbocycles. The monoisotopic (exact) mass is 303 g/mol. The third kappa shape index (κ3) is 3.31. The van der Waals surface area contributed by atoms with Crippen LogP contribution in [0.1, 0.15) is 0 Å². The lowest BCUT2D eigenvalue weighted by molar-refractivity contribution is 0.552. The Bertz CT molecular complexity index is 659. The van der Waals surface area contributed by atoms with Crippen molar-refractivity contribution in [3.63, 3.8) is 0 Å². The summed E-state index contributed by atoms with van der Waals surface area (Å²) < 4.78 is 41.4. The Morgan fingerprint density at radius 3 is 2.89 bits per heavy atom. The van der Waals surface area contributed by atoms with Gasteiger partial charge in [0.15, 0.2) is 5.82 Å². The molecule has 1 N–H and O–H groups in total. The van der Waals surface area contributed by atoms with Crippen molar-refractivity contribution in [2.75, 3.05) is 6.54 Å². The number of hydrogen-bond acceptors (Lipinski definition) is 3. The first-order valence-corrected chi connectivity index (χ1v) is 7.26. The fourth-order valence-corrected chi connectivity index (χ4v) is 2.85. The molecule has 2 rings (SSSR count). The molecular weight excluding hydrogens is 293 g/mol. The lowest BCUT2D eigenvalue weighted by Crippen LogP contribution is -2.28. The van der Waals surface area contributed by atoms with Gasteiger partial charge < -0.3 is 4.57 Å². The molecule has 0 fully saturated rings. The maximum absolute atomic E-state index is 13.6. The van der Waals surface area contributed by atoms with Gasteiger partial charge in [-0.1, -0.05) is 17.7 Å².